The van der Waals surface area contributed by atoms with Crippen molar-refractivity contribution in [3.63, 3.8) is 0 Å². The molecule has 3 aromatic rings. The van der Waals surface area contributed by atoms with Crippen molar-refractivity contribution in [1.29, 1.82) is 0 Å². The fourth-order valence-electron chi connectivity index (χ4n) is 6.43. The van der Waals surface area contributed by atoms with Crippen molar-refractivity contribution < 1.29 is 71.9 Å². The summed E-state index contributed by atoms with van der Waals surface area (Å²) in [5.41, 5.74) is 12.5. The van der Waals surface area contributed by atoms with Gasteiger partial charge in [-0.3, -0.25) is 6.08 Å². The summed E-state index contributed by atoms with van der Waals surface area (Å²) in [7, 11) is 9.87. The van der Waals surface area contributed by atoms with Gasteiger partial charge in [-0.05, 0) is 75.0 Å². The van der Waals surface area contributed by atoms with Gasteiger partial charge < -0.3 is 24.8 Å². The Morgan fingerprint density at radius 3 is 1.27 bits per heavy atom. The van der Waals surface area contributed by atoms with Gasteiger partial charge in [0.05, 0.1) is 0 Å². The van der Waals surface area contributed by atoms with E-state index in [0.29, 0.717) is 0 Å². The number of halogens is 4. The first-order valence-electron chi connectivity index (χ1n) is 14.3. The standard InChI is InChI=1S/C20H30.C13H9.C5H5.4ClH.2Zr/c1-11-13(3)17(19(7,8)15(11)5)18-14(4)12(2)16(6)20(18,9)10;1-3-7-12-10(5-1)9-11-6-2-4-8-13(11)12;1-2-4-5-3-1;;;;;;/h1-10H3;1-9H;1-3H,4H2;4*1H;;/q;2*-1;;;;;+2;+3/p-4. The van der Waals surface area contributed by atoms with Crippen LogP contribution in [0.15, 0.2) is 117 Å². The van der Waals surface area contributed by atoms with E-state index in [1.165, 1.54) is 55.0 Å². The maximum Gasteiger partial charge on any atom is 3.00 e. The minimum atomic E-state index is -0.826. The molecule has 233 valence electrons. The molecular weight excluding hydrogens is 781 g/mol. The predicted octanol–water partition coefficient (Wildman–Crippen LogP) is 6.77. The molecule has 0 saturated heterocycles. The molecule has 6 heteroatoms. The van der Waals surface area contributed by atoms with E-state index in [2.05, 4.69) is 136 Å². The number of hydrogen-bond acceptors (Lipinski definition) is 0. The molecule has 0 N–H and O–H groups in total. The maximum atomic E-state index is 4.93. The quantitative estimate of drug-likeness (QED) is 0.238. The van der Waals surface area contributed by atoms with Gasteiger partial charge in [0, 0.05) is 10.8 Å². The van der Waals surface area contributed by atoms with Gasteiger partial charge in [-0.1, -0.05) is 75.2 Å². The number of benzene rings is 2. The zero-order chi connectivity index (χ0) is 30.5. The third-order valence-electron chi connectivity index (χ3n) is 9.48. The second kappa shape index (κ2) is 18.9. The molecule has 1 radical (unpaired) electrons. The Balaban J connectivity index is 0.000000660. The van der Waals surface area contributed by atoms with Gasteiger partial charge in [-0.2, -0.15) is 6.08 Å². The fourth-order valence-corrected chi connectivity index (χ4v) is 6.43. The minimum Gasteiger partial charge on any atom is -0.126 e. The van der Waals surface area contributed by atoms with E-state index in [-0.39, 0.29) is 61.8 Å². The third-order valence-corrected chi connectivity index (χ3v) is 9.48. The van der Waals surface area contributed by atoms with Crippen LogP contribution in [-0.4, -0.2) is 0 Å². The van der Waals surface area contributed by atoms with Crippen molar-refractivity contribution in [3.8, 4) is 0 Å². The van der Waals surface area contributed by atoms with Crippen molar-refractivity contribution in [2.75, 3.05) is 0 Å². The molecule has 0 nitrogen and oxygen atoms in total. The molecule has 0 aromatic heterocycles. The van der Waals surface area contributed by atoms with Gasteiger partial charge in [0.15, 0.2) is 0 Å². The van der Waals surface area contributed by atoms with Crippen molar-refractivity contribution in [2.45, 2.75) is 75.7 Å². The summed E-state index contributed by atoms with van der Waals surface area (Å²) in [6.07, 6.45) is 10.0. The number of fused-ring (bicyclic) bond motifs is 3. The molecule has 0 saturated carbocycles. The predicted molar refractivity (Wildman–Crippen MR) is 180 cm³/mol. The van der Waals surface area contributed by atoms with Crippen LogP contribution in [0.1, 0.15) is 75.7 Å². The van der Waals surface area contributed by atoms with Gasteiger partial charge in [0.25, 0.3) is 0 Å². The van der Waals surface area contributed by atoms with Crippen LogP contribution >= 0.6 is 17.0 Å². The minimum absolute atomic E-state index is 0. The molecule has 0 unspecified atom stereocenters. The van der Waals surface area contributed by atoms with Crippen LogP contribution < -0.4 is 24.8 Å². The van der Waals surface area contributed by atoms with E-state index in [0.717, 1.165) is 6.42 Å². The molecule has 6 rings (SSSR count). The fraction of sp³-hybridized carbons (Fsp3) is 0.342. The molecule has 0 fully saturated rings. The van der Waals surface area contributed by atoms with Gasteiger partial charge in [-0.15, -0.1) is 46.2 Å². The molecule has 0 amide bonds. The molecular formula is C38H44Cl4Zr2-. The van der Waals surface area contributed by atoms with E-state index in [4.69, 9.17) is 17.0 Å². The number of rotatable bonds is 1. The molecule has 0 heterocycles. The smallest absolute Gasteiger partial charge is 0.126 e. The molecule has 44 heavy (non-hydrogen) atoms. The van der Waals surface area contributed by atoms with Crippen LogP contribution in [0.25, 0.3) is 21.5 Å². The van der Waals surface area contributed by atoms with E-state index >= 15 is 0 Å². The van der Waals surface area contributed by atoms with Crippen LogP contribution in [0.5, 0.6) is 0 Å². The van der Waals surface area contributed by atoms with Crippen LogP contribution in [0.4, 0.5) is 0 Å². The average Bonchev–Trinajstić information content (AvgIpc) is 3.70. The molecule has 0 bridgehead atoms. The SMILES string of the molecule is CC1=C(C)C(C)(C)C(C2=C(C)C(C)=C(C)C2(C)C)=C1C.[C-]1=CC=CC1.[Cl-].[Cl-].[Cl][Zr][Cl].[Zr+3].c1ccc2c(c1)[cH-]c1ccccc12. The molecule has 3 aliphatic rings. The van der Waals surface area contributed by atoms with Crippen LogP contribution in [0.3, 0.4) is 0 Å². The normalized spacial score (nSPS) is 17.2. The van der Waals surface area contributed by atoms with Crippen molar-refractivity contribution in [2.24, 2.45) is 10.8 Å². The van der Waals surface area contributed by atoms with Crippen LogP contribution in [0.2, 0.25) is 0 Å². The first-order chi connectivity index (χ1) is 19.3. The number of hydrogen-bond donors (Lipinski definition) is 0. The zero-order valence-corrected chi connectivity index (χ0v) is 35.6. The van der Waals surface area contributed by atoms with E-state index in [9.17, 15) is 0 Å². The summed E-state index contributed by atoms with van der Waals surface area (Å²) >= 11 is -0.826. The van der Waals surface area contributed by atoms with Crippen molar-refractivity contribution in [3.05, 3.63) is 123 Å². The summed E-state index contributed by atoms with van der Waals surface area (Å²) in [5, 5.41) is 5.39. The first-order valence-corrected chi connectivity index (χ1v) is 20.7. The Bertz CT molecular complexity index is 1490. The first kappa shape index (κ1) is 43.7. The molecule has 0 spiro atoms. The van der Waals surface area contributed by atoms with Crippen LogP contribution in [-0.2, 0) is 47.1 Å². The Kier molecular flexibility index (Phi) is 18.7. The van der Waals surface area contributed by atoms with Crippen molar-refractivity contribution >= 4 is 38.6 Å². The monoisotopic (exact) mass is 820 g/mol. The molecule has 3 aromatic carbocycles. The van der Waals surface area contributed by atoms with Gasteiger partial charge in [0.2, 0.25) is 0 Å². The molecule has 0 aliphatic heterocycles. The van der Waals surface area contributed by atoms with E-state index in [1.807, 2.05) is 12.2 Å². The van der Waals surface area contributed by atoms with E-state index in [1.54, 1.807) is 11.1 Å². The van der Waals surface area contributed by atoms with Crippen molar-refractivity contribution in [1.82, 2.24) is 0 Å². The Hall–Kier alpha value is -0.324. The zero-order valence-electron chi connectivity index (χ0n) is 27.6. The summed E-state index contributed by atoms with van der Waals surface area (Å²) in [6, 6.07) is 19.3. The third kappa shape index (κ3) is 9.18. The summed E-state index contributed by atoms with van der Waals surface area (Å²) in [5.74, 6) is 0. The number of allylic oxidation sites excluding steroid dienone is 12. The van der Waals surface area contributed by atoms with Gasteiger partial charge in [-0.25, -0.2) is 12.2 Å². The Morgan fingerprint density at radius 2 is 1.02 bits per heavy atom. The Labute approximate surface area is 317 Å². The summed E-state index contributed by atoms with van der Waals surface area (Å²) < 4.78 is 0. The summed E-state index contributed by atoms with van der Waals surface area (Å²) in [6.45, 7) is 23.3. The Morgan fingerprint density at radius 1 is 0.659 bits per heavy atom. The molecule has 0 atom stereocenters. The maximum absolute atomic E-state index is 4.93. The second-order valence-electron chi connectivity index (χ2n) is 12.1. The second-order valence-corrected chi connectivity index (χ2v) is 15.9. The average molecular weight is 825 g/mol. The van der Waals surface area contributed by atoms with Gasteiger partial charge in [0.1, 0.15) is 0 Å². The van der Waals surface area contributed by atoms with Gasteiger partial charge >= 0.3 is 64.1 Å². The van der Waals surface area contributed by atoms with Crippen LogP contribution in [0, 0.1) is 16.9 Å². The molecule has 3 aliphatic carbocycles. The topological polar surface area (TPSA) is 0 Å². The largest absolute Gasteiger partial charge is 3.00 e. The summed E-state index contributed by atoms with van der Waals surface area (Å²) in [4.78, 5) is 0. The van der Waals surface area contributed by atoms with E-state index < -0.39 is 20.8 Å².